The maximum absolute atomic E-state index is 13.6. The number of H-pyrrole nitrogens is 1. The second-order valence-corrected chi connectivity index (χ2v) is 7.69. The number of aromatic nitrogens is 1. The van der Waals surface area contributed by atoms with Crippen LogP contribution in [0.5, 0.6) is 11.5 Å². The molecular weight excluding hydrogens is 376 g/mol. The Morgan fingerprint density at radius 1 is 0.933 bits per heavy atom. The number of rotatable bonds is 2. The van der Waals surface area contributed by atoms with Crippen molar-refractivity contribution < 1.29 is 14.3 Å². The number of carbonyl (C=O) groups is 1. The number of amides is 1. The Morgan fingerprint density at radius 2 is 1.73 bits per heavy atom. The molecule has 0 saturated carbocycles. The van der Waals surface area contributed by atoms with Crippen LogP contribution in [0.25, 0.3) is 10.9 Å². The Bertz CT molecular complexity index is 1260. The molecule has 1 amide bonds. The number of para-hydroxylation sites is 1. The Kier molecular flexibility index (Phi) is 3.81. The number of hydrogen-bond acceptors (Lipinski definition) is 3. The molecule has 0 radical (unpaired) electrons. The highest BCUT2D eigenvalue weighted by Crippen LogP contribution is 2.40. The van der Waals surface area contributed by atoms with Crippen molar-refractivity contribution in [3.8, 4) is 11.5 Å². The van der Waals surface area contributed by atoms with Crippen molar-refractivity contribution >= 4 is 16.8 Å². The molecule has 0 bridgehead atoms. The van der Waals surface area contributed by atoms with Gasteiger partial charge in [-0.25, -0.2) is 0 Å². The third-order valence-electron chi connectivity index (χ3n) is 6.03. The Morgan fingerprint density at radius 3 is 2.63 bits per heavy atom. The zero-order chi connectivity index (χ0) is 20.1. The first-order valence-corrected chi connectivity index (χ1v) is 10.1. The lowest BCUT2D eigenvalue weighted by Crippen LogP contribution is -2.40. The van der Waals surface area contributed by atoms with Crippen molar-refractivity contribution in [2.75, 3.05) is 13.3 Å². The molecule has 148 valence electrons. The van der Waals surface area contributed by atoms with E-state index in [1.54, 1.807) is 6.07 Å². The summed E-state index contributed by atoms with van der Waals surface area (Å²) in [5, 5.41) is 1.24. The largest absolute Gasteiger partial charge is 0.454 e. The number of benzene rings is 3. The first-order chi connectivity index (χ1) is 14.8. The summed E-state index contributed by atoms with van der Waals surface area (Å²) in [7, 11) is 0. The summed E-state index contributed by atoms with van der Waals surface area (Å²) in [5.74, 6) is 1.30. The number of fused-ring (bicyclic) bond motifs is 4. The molecule has 30 heavy (non-hydrogen) atoms. The first-order valence-electron chi connectivity index (χ1n) is 10.1. The Hall–Kier alpha value is -3.73. The SMILES string of the molecule is O=C(c1ccc2c(c1)OCO2)N1CCc2c([nH]c3ccccc23)[C@@H]1c1ccccc1. The van der Waals surface area contributed by atoms with Gasteiger partial charge in [-0.2, -0.15) is 0 Å². The highest BCUT2D eigenvalue weighted by atomic mass is 16.7. The van der Waals surface area contributed by atoms with E-state index in [1.807, 2.05) is 41.3 Å². The van der Waals surface area contributed by atoms with Gasteiger partial charge in [0.2, 0.25) is 6.79 Å². The van der Waals surface area contributed by atoms with Crippen LogP contribution >= 0.6 is 0 Å². The van der Waals surface area contributed by atoms with Gasteiger partial charge in [-0.3, -0.25) is 4.79 Å². The van der Waals surface area contributed by atoms with Gasteiger partial charge in [-0.05, 0) is 41.8 Å². The van der Waals surface area contributed by atoms with E-state index in [9.17, 15) is 4.79 Å². The summed E-state index contributed by atoms with van der Waals surface area (Å²) >= 11 is 0. The molecule has 5 nitrogen and oxygen atoms in total. The van der Waals surface area contributed by atoms with Gasteiger partial charge in [0, 0.05) is 28.7 Å². The highest BCUT2D eigenvalue weighted by Gasteiger charge is 2.35. The minimum absolute atomic E-state index is 0.00791. The van der Waals surface area contributed by atoms with Crippen LogP contribution in [0.1, 0.15) is 33.2 Å². The molecule has 2 aliphatic rings. The van der Waals surface area contributed by atoms with Crippen LogP contribution in [-0.4, -0.2) is 29.1 Å². The van der Waals surface area contributed by atoms with E-state index in [1.165, 1.54) is 10.9 Å². The smallest absolute Gasteiger partial charge is 0.254 e. The van der Waals surface area contributed by atoms with Crippen LogP contribution in [0.2, 0.25) is 0 Å². The van der Waals surface area contributed by atoms with Gasteiger partial charge in [-0.1, -0.05) is 48.5 Å². The van der Waals surface area contributed by atoms with Crippen LogP contribution in [0, 0.1) is 0 Å². The van der Waals surface area contributed by atoms with Crippen LogP contribution in [0.15, 0.2) is 72.8 Å². The van der Waals surface area contributed by atoms with E-state index in [0.29, 0.717) is 23.6 Å². The first kappa shape index (κ1) is 17.2. The molecule has 4 aromatic rings. The van der Waals surface area contributed by atoms with Gasteiger partial charge in [0.05, 0.1) is 6.04 Å². The summed E-state index contributed by atoms with van der Waals surface area (Å²) in [6, 6.07) is 23.8. The van der Waals surface area contributed by atoms with Gasteiger partial charge in [0.1, 0.15) is 0 Å². The lowest BCUT2D eigenvalue weighted by atomic mass is 9.91. The Labute approximate surface area is 173 Å². The van der Waals surface area contributed by atoms with Gasteiger partial charge in [-0.15, -0.1) is 0 Å². The van der Waals surface area contributed by atoms with E-state index in [-0.39, 0.29) is 18.7 Å². The molecule has 2 aliphatic heterocycles. The van der Waals surface area contributed by atoms with Crippen LogP contribution < -0.4 is 9.47 Å². The summed E-state index contributed by atoms with van der Waals surface area (Å²) in [6.45, 7) is 0.851. The molecule has 1 aromatic heterocycles. The number of hydrogen-bond donors (Lipinski definition) is 1. The molecule has 0 spiro atoms. The van der Waals surface area contributed by atoms with Gasteiger partial charge >= 0.3 is 0 Å². The van der Waals surface area contributed by atoms with Crippen LogP contribution in [0.4, 0.5) is 0 Å². The zero-order valence-electron chi connectivity index (χ0n) is 16.3. The normalized spacial score (nSPS) is 17.2. The number of aromatic amines is 1. The molecular formula is C25H20N2O3. The van der Waals surface area contributed by atoms with Crippen molar-refractivity contribution in [3.05, 3.63) is 95.2 Å². The number of nitrogens with zero attached hydrogens (tertiary/aromatic N) is 1. The average molecular weight is 396 g/mol. The fourth-order valence-electron chi connectivity index (χ4n) is 4.64. The molecule has 3 heterocycles. The van der Waals surface area contributed by atoms with Gasteiger partial charge in [0.25, 0.3) is 5.91 Å². The van der Waals surface area contributed by atoms with Gasteiger partial charge in [0.15, 0.2) is 11.5 Å². The van der Waals surface area contributed by atoms with Crippen molar-refractivity contribution in [2.24, 2.45) is 0 Å². The molecule has 0 fully saturated rings. The van der Waals surface area contributed by atoms with E-state index in [4.69, 9.17) is 9.47 Å². The molecule has 1 N–H and O–H groups in total. The third-order valence-corrected chi connectivity index (χ3v) is 6.03. The monoisotopic (exact) mass is 396 g/mol. The third kappa shape index (κ3) is 2.59. The average Bonchev–Trinajstić information content (AvgIpc) is 3.42. The molecule has 0 unspecified atom stereocenters. The lowest BCUT2D eigenvalue weighted by Gasteiger charge is -2.36. The minimum atomic E-state index is -0.166. The topological polar surface area (TPSA) is 54.6 Å². The van der Waals surface area contributed by atoms with Gasteiger partial charge < -0.3 is 19.4 Å². The van der Waals surface area contributed by atoms with E-state index < -0.39 is 0 Å². The predicted octanol–water partition coefficient (Wildman–Crippen LogP) is 4.68. The summed E-state index contributed by atoms with van der Waals surface area (Å²) < 4.78 is 10.9. The van der Waals surface area contributed by atoms with E-state index >= 15 is 0 Å². The molecule has 0 aliphatic carbocycles. The second kappa shape index (κ2) is 6.66. The lowest BCUT2D eigenvalue weighted by molar-refractivity contribution is 0.0691. The summed E-state index contributed by atoms with van der Waals surface area (Å²) in [5.41, 5.74) is 5.22. The summed E-state index contributed by atoms with van der Waals surface area (Å²) in [4.78, 5) is 19.2. The van der Waals surface area contributed by atoms with Crippen LogP contribution in [0.3, 0.4) is 0 Å². The fraction of sp³-hybridized carbons (Fsp3) is 0.160. The minimum Gasteiger partial charge on any atom is -0.454 e. The number of ether oxygens (including phenoxy) is 2. The summed E-state index contributed by atoms with van der Waals surface area (Å²) in [6.07, 6.45) is 0.818. The molecule has 1 atom stereocenters. The molecule has 3 aromatic carbocycles. The van der Waals surface area contributed by atoms with Crippen molar-refractivity contribution in [1.29, 1.82) is 0 Å². The van der Waals surface area contributed by atoms with Crippen molar-refractivity contribution in [1.82, 2.24) is 9.88 Å². The zero-order valence-corrected chi connectivity index (χ0v) is 16.3. The Balaban J connectivity index is 1.47. The maximum Gasteiger partial charge on any atom is 0.254 e. The van der Waals surface area contributed by atoms with Crippen molar-refractivity contribution in [3.63, 3.8) is 0 Å². The molecule has 5 heteroatoms. The second-order valence-electron chi connectivity index (χ2n) is 7.69. The maximum atomic E-state index is 13.6. The standard InChI is InChI=1S/C25H20N2O3/c28-25(17-10-11-21-22(14-17)30-15-29-21)27-13-12-19-18-8-4-5-9-20(18)26-23(19)24(27)16-6-2-1-3-7-16/h1-11,14,24,26H,12-13,15H2/t24-/m0/s1. The predicted molar refractivity (Wildman–Crippen MR) is 114 cm³/mol. The van der Waals surface area contributed by atoms with E-state index in [0.717, 1.165) is 23.2 Å². The van der Waals surface area contributed by atoms with Crippen molar-refractivity contribution in [2.45, 2.75) is 12.5 Å². The number of carbonyl (C=O) groups excluding carboxylic acids is 1. The fourth-order valence-corrected chi connectivity index (χ4v) is 4.64. The quantitative estimate of drug-likeness (QED) is 0.535. The van der Waals surface area contributed by atoms with Crippen LogP contribution in [-0.2, 0) is 6.42 Å². The molecule has 0 saturated heterocycles. The molecule has 6 rings (SSSR count). The van der Waals surface area contributed by atoms with E-state index in [2.05, 4.69) is 35.3 Å². The highest BCUT2D eigenvalue weighted by molar-refractivity contribution is 5.96. The number of nitrogens with one attached hydrogen (secondary N) is 1.